The van der Waals surface area contributed by atoms with E-state index in [1.54, 1.807) is 6.92 Å². The van der Waals surface area contributed by atoms with Crippen molar-refractivity contribution in [3.8, 4) is 0 Å². The van der Waals surface area contributed by atoms with E-state index in [2.05, 4.69) is 0 Å². The summed E-state index contributed by atoms with van der Waals surface area (Å²) in [4.78, 5) is 23.6. The third-order valence-electron chi connectivity index (χ3n) is 4.00. The predicted octanol–water partition coefficient (Wildman–Crippen LogP) is 1.18. The van der Waals surface area contributed by atoms with Crippen LogP contribution in [0.15, 0.2) is 11.6 Å². The summed E-state index contributed by atoms with van der Waals surface area (Å²) in [5.41, 5.74) is -1.32. The lowest BCUT2D eigenvalue weighted by atomic mass is 9.88. The van der Waals surface area contributed by atoms with Gasteiger partial charge in [-0.2, -0.15) is 0 Å². The van der Waals surface area contributed by atoms with Crippen molar-refractivity contribution in [1.29, 1.82) is 0 Å². The molecule has 0 spiro atoms. The number of aliphatic hydroxyl groups is 1. The number of rotatable bonds is 7. The number of carboxylic acid groups (broad SMARTS) is 1. The number of ether oxygens (including phenoxy) is 1. The molecule has 6 heteroatoms. The average molecular weight is 298 g/mol. The number of cyclic esters (lactones) is 1. The second-order valence-corrected chi connectivity index (χ2v) is 6.07. The van der Waals surface area contributed by atoms with Crippen LogP contribution in [-0.2, 0) is 9.53 Å². The minimum atomic E-state index is -1.47. The summed E-state index contributed by atoms with van der Waals surface area (Å²) in [6.07, 6.45) is 2.65. The van der Waals surface area contributed by atoms with E-state index in [1.807, 2.05) is 19.9 Å². The second kappa shape index (κ2) is 6.47. The molecule has 0 saturated carbocycles. The number of hydrogen-bond donors (Lipinski definition) is 1. The number of aliphatic carboxylic acids is 1. The maximum atomic E-state index is 11.9. The molecule has 0 radical (unpaired) electrons. The molecule has 21 heavy (non-hydrogen) atoms. The fourth-order valence-electron chi connectivity index (χ4n) is 2.42. The second-order valence-electron chi connectivity index (χ2n) is 6.07. The summed E-state index contributed by atoms with van der Waals surface area (Å²) in [5, 5.41) is 21.1. The van der Waals surface area contributed by atoms with Crippen LogP contribution < -0.4 is 5.11 Å². The van der Waals surface area contributed by atoms with Crippen molar-refractivity contribution >= 4 is 12.1 Å². The topological polar surface area (TPSA) is 89.9 Å². The number of carbonyl (C=O) groups is 2. The summed E-state index contributed by atoms with van der Waals surface area (Å²) in [5.74, 6) is -1.17. The first kappa shape index (κ1) is 17.5. The van der Waals surface area contributed by atoms with Crippen molar-refractivity contribution in [1.82, 2.24) is 4.90 Å². The lowest BCUT2D eigenvalue weighted by molar-refractivity contribution is -0.305. The number of allylic oxidation sites excluding steroid dienone is 2. The maximum absolute atomic E-state index is 11.9. The van der Waals surface area contributed by atoms with Crippen molar-refractivity contribution in [2.45, 2.75) is 64.7 Å². The Hall–Kier alpha value is -1.56. The molecule has 1 heterocycles. The summed E-state index contributed by atoms with van der Waals surface area (Å²) in [6.45, 7) is 7.31. The number of nitrogens with zero attached hydrogens (tertiary/aromatic N) is 1. The smallest absolute Gasteiger partial charge is 0.412 e. The van der Waals surface area contributed by atoms with Crippen molar-refractivity contribution in [3.05, 3.63) is 11.6 Å². The molecule has 0 aromatic heterocycles. The Balaban J connectivity index is 2.74. The molecule has 0 aromatic rings. The van der Waals surface area contributed by atoms with E-state index < -0.39 is 23.4 Å². The van der Waals surface area contributed by atoms with Crippen LogP contribution in [-0.4, -0.2) is 39.9 Å². The van der Waals surface area contributed by atoms with Crippen LogP contribution in [0.1, 0.15) is 53.4 Å². The molecule has 1 fully saturated rings. The van der Waals surface area contributed by atoms with Crippen LogP contribution in [0.3, 0.4) is 0 Å². The van der Waals surface area contributed by atoms with Crippen LogP contribution >= 0.6 is 0 Å². The van der Waals surface area contributed by atoms with Crippen LogP contribution in [0.2, 0.25) is 0 Å². The van der Waals surface area contributed by atoms with Crippen LogP contribution in [0.4, 0.5) is 4.79 Å². The molecule has 0 bridgehead atoms. The first-order chi connectivity index (χ1) is 9.60. The molecule has 2 atom stereocenters. The Kier molecular flexibility index (Phi) is 5.39. The molecule has 6 nitrogen and oxygen atoms in total. The van der Waals surface area contributed by atoms with Gasteiger partial charge in [-0.1, -0.05) is 11.6 Å². The van der Waals surface area contributed by atoms with E-state index >= 15 is 0 Å². The Morgan fingerprint density at radius 3 is 2.57 bits per heavy atom. The van der Waals surface area contributed by atoms with E-state index in [-0.39, 0.29) is 19.4 Å². The summed E-state index contributed by atoms with van der Waals surface area (Å²) >= 11 is 0. The predicted molar refractivity (Wildman–Crippen MR) is 75.1 cm³/mol. The van der Waals surface area contributed by atoms with Crippen LogP contribution in [0.5, 0.6) is 0 Å². The lowest BCUT2D eigenvalue weighted by Crippen LogP contribution is -2.55. The van der Waals surface area contributed by atoms with Gasteiger partial charge in [0.05, 0.1) is 0 Å². The lowest BCUT2D eigenvalue weighted by Gasteiger charge is -2.37. The van der Waals surface area contributed by atoms with Gasteiger partial charge in [-0.15, -0.1) is 0 Å². The van der Waals surface area contributed by atoms with E-state index in [4.69, 9.17) is 4.74 Å². The zero-order valence-electron chi connectivity index (χ0n) is 13.1. The summed E-state index contributed by atoms with van der Waals surface area (Å²) < 4.78 is 5.36. The largest absolute Gasteiger partial charge is 0.550 e. The first-order valence-corrected chi connectivity index (χ1v) is 7.16. The van der Waals surface area contributed by atoms with E-state index in [0.29, 0.717) is 12.8 Å². The van der Waals surface area contributed by atoms with Gasteiger partial charge >= 0.3 is 6.09 Å². The molecule has 0 aliphatic carbocycles. The zero-order chi connectivity index (χ0) is 16.3. The van der Waals surface area contributed by atoms with Crippen molar-refractivity contribution in [2.24, 2.45) is 0 Å². The number of amides is 1. The summed E-state index contributed by atoms with van der Waals surface area (Å²) in [7, 11) is 0. The van der Waals surface area contributed by atoms with Gasteiger partial charge in [-0.25, -0.2) is 4.79 Å². The third kappa shape index (κ3) is 3.97. The minimum Gasteiger partial charge on any atom is -0.550 e. The molecule has 0 aromatic carbocycles. The quantitative estimate of drug-likeness (QED) is 0.713. The van der Waals surface area contributed by atoms with Crippen molar-refractivity contribution in [3.63, 3.8) is 0 Å². The Morgan fingerprint density at radius 1 is 1.43 bits per heavy atom. The molecule has 1 aliphatic rings. The van der Waals surface area contributed by atoms with Gasteiger partial charge in [0.1, 0.15) is 0 Å². The Morgan fingerprint density at radius 2 is 2.05 bits per heavy atom. The standard InChI is InChI=1S/C15H25NO5/c1-11(2)7-5-9-14(3)15(4,20)16(13(19)21-14)10-6-8-12(17)18/h7,20H,5-6,8-10H2,1-4H3,(H,17,18)/p-1/t14-,15-/m0/s1. The van der Waals surface area contributed by atoms with Gasteiger partial charge in [-0.05, 0) is 53.4 Å². The molecule has 1 rings (SSSR count). The average Bonchev–Trinajstić information content (AvgIpc) is 2.48. The zero-order valence-corrected chi connectivity index (χ0v) is 13.1. The Bertz CT molecular complexity index is 439. The van der Waals surface area contributed by atoms with Gasteiger partial charge in [-0.3, -0.25) is 4.90 Å². The fourth-order valence-corrected chi connectivity index (χ4v) is 2.42. The summed E-state index contributed by atoms with van der Waals surface area (Å²) in [6, 6.07) is 0. The van der Waals surface area contributed by atoms with Gasteiger partial charge in [0.2, 0.25) is 0 Å². The fraction of sp³-hybridized carbons (Fsp3) is 0.733. The molecule has 1 amide bonds. The normalized spacial score (nSPS) is 28.4. The molecule has 1 saturated heterocycles. The minimum absolute atomic E-state index is 0.123. The highest BCUT2D eigenvalue weighted by Gasteiger charge is 2.58. The van der Waals surface area contributed by atoms with Gasteiger partial charge in [0, 0.05) is 12.5 Å². The SMILES string of the molecule is CC(C)=CCC[C@]1(C)OC(=O)N(CCCC(=O)[O-])[C@@]1(C)O. The third-order valence-corrected chi connectivity index (χ3v) is 4.00. The van der Waals surface area contributed by atoms with Gasteiger partial charge in [0.25, 0.3) is 0 Å². The molecule has 0 unspecified atom stereocenters. The monoisotopic (exact) mass is 298 g/mol. The van der Waals surface area contributed by atoms with Crippen molar-refractivity contribution in [2.75, 3.05) is 6.54 Å². The van der Waals surface area contributed by atoms with Crippen LogP contribution in [0, 0.1) is 0 Å². The van der Waals surface area contributed by atoms with Gasteiger partial charge in [0.15, 0.2) is 11.3 Å². The highest BCUT2D eigenvalue weighted by atomic mass is 16.6. The number of carbonyl (C=O) groups excluding carboxylic acids is 2. The molecule has 1 N–H and O–H groups in total. The van der Waals surface area contributed by atoms with E-state index in [0.717, 1.165) is 5.57 Å². The van der Waals surface area contributed by atoms with E-state index in [1.165, 1.54) is 11.8 Å². The van der Waals surface area contributed by atoms with Crippen molar-refractivity contribution < 1.29 is 24.5 Å². The number of hydrogen-bond acceptors (Lipinski definition) is 5. The molecule has 1 aliphatic heterocycles. The van der Waals surface area contributed by atoms with Crippen LogP contribution in [0.25, 0.3) is 0 Å². The van der Waals surface area contributed by atoms with Gasteiger partial charge < -0.3 is 19.7 Å². The number of carboxylic acids is 1. The van der Waals surface area contributed by atoms with E-state index in [9.17, 15) is 19.8 Å². The first-order valence-electron chi connectivity index (χ1n) is 7.16. The molecule has 120 valence electrons. The molecular formula is C15H24NO5-. The Labute approximate surface area is 125 Å². The highest BCUT2D eigenvalue weighted by Crippen LogP contribution is 2.40. The maximum Gasteiger partial charge on any atom is 0.412 e. The highest BCUT2D eigenvalue weighted by molar-refractivity contribution is 5.72. The molecular weight excluding hydrogens is 274 g/mol.